The third-order valence-electron chi connectivity index (χ3n) is 3.74. The Hall–Kier alpha value is -0.570. The fourth-order valence-electron chi connectivity index (χ4n) is 2.84. The molecule has 1 saturated carbocycles. The first-order chi connectivity index (χ1) is 7.54. The van der Waals surface area contributed by atoms with Gasteiger partial charge in [0.05, 0.1) is 5.92 Å². The van der Waals surface area contributed by atoms with Crippen molar-refractivity contribution in [3.63, 3.8) is 0 Å². The summed E-state index contributed by atoms with van der Waals surface area (Å²) >= 11 is 0. The molecule has 2 N–H and O–H groups in total. The quantitative estimate of drug-likeness (QED) is 0.795. The van der Waals surface area contributed by atoms with Gasteiger partial charge in [0.25, 0.3) is 0 Å². The van der Waals surface area contributed by atoms with Crippen LogP contribution in [-0.2, 0) is 4.79 Å². The van der Waals surface area contributed by atoms with Gasteiger partial charge >= 0.3 is 0 Å². The molecule has 3 heteroatoms. The molecule has 1 aliphatic rings. The number of nitrogens with two attached hydrogens (primary N) is 1. The van der Waals surface area contributed by atoms with Crippen LogP contribution in [0.1, 0.15) is 39.0 Å². The fourth-order valence-corrected chi connectivity index (χ4v) is 2.84. The smallest absolute Gasteiger partial charge is 0.226 e. The van der Waals surface area contributed by atoms with E-state index in [1.54, 1.807) is 4.90 Å². The van der Waals surface area contributed by atoms with Crippen LogP contribution in [0.5, 0.6) is 0 Å². The Bertz CT molecular complexity index is 228. The lowest BCUT2D eigenvalue weighted by Crippen LogP contribution is -2.36. The third kappa shape index (κ3) is 3.78. The van der Waals surface area contributed by atoms with Crippen LogP contribution in [0.3, 0.4) is 0 Å². The third-order valence-corrected chi connectivity index (χ3v) is 3.74. The average molecular weight is 226 g/mol. The molecule has 0 bridgehead atoms. The van der Waals surface area contributed by atoms with Crippen molar-refractivity contribution in [1.82, 2.24) is 4.90 Å². The monoisotopic (exact) mass is 226 g/mol. The Balaban J connectivity index is 2.46. The van der Waals surface area contributed by atoms with Crippen molar-refractivity contribution < 1.29 is 4.79 Å². The van der Waals surface area contributed by atoms with Gasteiger partial charge in [0.15, 0.2) is 0 Å². The van der Waals surface area contributed by atoms with Crippen molar-refractivity contribution in [2.75, 3.05) is 20.6 Å². The maximum Gasteiger partial charge on any atom is 0.226 e. The number of nitrogens with zero attached hydrogens (tertiary/aromatic N) is 1. The zero-order valence-electron chi connectivity index (χ0n) is 10.9. The SMILES string of the molecule is CC1CCCC(CC(CN)C(=O)N(C)C)C1. The van der Waals surface area contributed by atoms with E-state index < -0.39 is 0 Å². The summed E-state index contributed by atoms with van der Waals surface area (Å²) in [7, 11) is 3.63. The van der Waals surface area contributed by atoms with Gasteiger partial charge in [0, 0.05) is 20.6 Å². The van der Waals surface area contributed by atoms with E-state index in [9.17, 15) is 4.79 Å². The summed E-state index contributed by atoms with van der Waals surface area (Å²) < 4.78 is 0. The van der Waals surface area contributed by atoms with Crippen LogP contribution in [-0.4, -0.2) is 31.4 Å². The normalized spacial score (nSPS) is 27.5. The Labute approximate surface area is 99.4 Å². The lowest BCUT2D eigenvalue weighted by Gasteiger charge is -2.30. The van der Waals surface area contributed by atoms with Crippen molar-refractivity contribution in [3.8, 4) is 0 Å². The Morgan fingerprint density at radius 2 is 2.12 bits per heavy atom. The summed E-state index contributed by atoms with van der Waals surface area (Å²) in [4.78, 5) is 13.5. The number of amides is 1. The highest BCUT2D eigenvalue weighted by molar-refractivity contribution is 5.78. The molecule has 3 unspecified atom stereocenters. The predicted molar refractivity (Wildman–Crippen MR) is 67.0 cm³/mol. The second kappa shape index (κ2) is 6.24. The molecule has 0 aliphatic heterocycles. The number of hydrogen-bond donors (Lipinski definition) is 1. The first kappa shape index (κ1) is 13.5. The lowest BCUT2D eigenvalue weighted by atomic mass is 9.78. The molecule has 1 fully saturated rings. The van der Waals surface area contributed by atoms with E-state index in [1.165, 1.54) is 25.7 Å². The molecule has 3 nitrogen and oxygen atoms in total. The predicted octanol–water partition coefficient (Wildman–Crippen LogP) is 1.87. The molecule has 1 aliphatic carbocycles. The highest BCUT2D eigenvalue weighted by atomic mass is 16.2. The minimum atomic E-state index is 0.0327. The highest BCUT2D eigenvalue weighted by Crippen LogP contribution is 2.32. The Morgan fingerprint density at radius 3 is 2.62 bits per heavy atom. The second-order valence-electron chi connectivity index (χ2n) is 5.54. The molecule has 0 heterocycles. The first-order valence-electron chi connectivity index (χ1n) is 6.45. The first-order valence-corrected chi connectivity index (χ1v) is 6.45. The molecule has 16 heavy (non-hydrogen) atoms. The summed E-state index contributed by atoms with van der Waals surface area (Å²) in [5.74, 6) is 1.76. The number of carbonyl (C=O) groups is 1. The maximum atomic E-state index is 11.9. The highest BCUT2D eigenvalue weighted by Gasteiger charge is 2.26. The maximum absolute atomic E-state index is 11.9. The number of carbonyl (C=O) groups excluding carboxylic acids is 1. The van der Waals surface area contributed by atoms with Gasteiger partial charge in [-0.15, -0.1) is 0 Å². The van der Waals surface area contributed by atoms with Gasteiger partial charge in [-0.3, -0.25) is 4.79 Å². The summed E-state index contributed by atoms with van der Waals surface area (Å²) in [6.07, 6.45) is 6.21. The van der Waals surface area contributed by atoms with E-state index in [0.29, 0.717) is 12.5 Å². The van der Waals surface area contributed by atoms with E-state index in [0.717, 1.165) is 12.3 Å². The molecule has 3 atom stereocenters. The summed E-state index contributed by atoms with van der Waals surface area (Å²) in [5, 5.41) is 0. The van der Waals surface area contributed by atoms with Crippen molar-refractivity contribution in [1.29, 1.82) is 0 Å². The Kier molecular flexibility index (Phi) is 5.26. The molecule has 0 saturated heterocycles. The summed E-state index contributed by atoms with van der Waals surface area (Å²) in [6.45, 7) is 2.80. The number of rotatable bonds is 4. The van der Waals surface area contributed by atoms with Gasteiger partial charge in [-0.2, -0.15) is 0 Å². The zero-order valence-corrected chi connectivity index (χ0v) is 10.9. The van der Waals surface area contributed by atoms with Gasteiger partial charge in [-0.1, -0.05) is 26.2 Å². The molecule has 1 amide bonds. The molecule has 1 rings (SSSR count). The van der Waals surface area contributed by atoms with Gasteiger partial charge in [0.2, 0.25) is 5.91 Å². The largest absolute Gasteiger partial charge is 0.349 e. The fraction of sp³-hybridized carbons (Fsp3) is 0.923. The van der Waals surface area contributed by atoms with Gasteiger partial charge in [-0.05, 0) is 24.7 Å². The van der Waals surface area contributed by atoms with E-state index in [1.807, 2.05) is 14.1 Å². The van der Waals surface area contributed by atoms with Crippen LogP contribution < -0.4 is 5.73 Å². The average Bonchev–Trinajstić information content (AvgIpc) is 2.25. The second-order valence-corrected chi connectivity index (χ2v) is 5.54. The van der Waals surface area contributed by atoms with Crippen LogP contribution >= 0.6 is 0 Å². The van der Waals surface area contributed by atoms with Crippen molar-refractivity contribution >= 4 is 5.91 Å². The van der Waals surface area contributed by atoms with Crippen LogP contribution in [0.15, 0.2) is 0 Å². The topological polar surface area (TPSA) is 46.3 Å². The molecule has 94 valence electrons. The minimum Gasteiger partial charge on any atom is -0.349 e. The molecular formula is C13H26N2O. The molecule has 0 aromatic carbocycles. The van der Waals surface area contributed by atoms with E-state index in [-0.39, 0.29) is 11.8 Å². The van der Waals surface area contributed by atoms with Gasteiger partial charge in [-0.25, -0.2) is 0 Å². The van der Waals surface area contributed by atoms with Crippen LogP contribution in [0.2, 0.25) is 0 Å². The minimum absolute atomic E-state index is 0.0327. The molecular weight excluding hydrogens is 200 g/mol. The van der Waals surface area contributed by atoms with E-state index in [4.69, 9.17) is 5.73 Å². The number of hydrogen-bond acceptors (Lipinski definition) is 2. The molecule has 0 aromatic rings. The van der Waals surface area contributed by atoms with Crippen molar-refractivity contribution in [2.24, 2.45) is 23.5 Å². The van der Waals surface area contributed by atoms with Gasteiger partial charge < -0.3 is 10.6 Å². The lowest BCUT2D eigenvalue weighted by molar-refractivity contribution is -0.133. The Morgan fingerprint density at radius 1 is 1.44 bits per heavy atom. The molecule has 0 aromatic heterocycles. The van der Waals surface area contributed by atoms with Crippen LogP contribution in [0.4, 0.5) is 0 Å². The van der Waals surface area contributed by atoms with E-state index in [2.05, 4.69) is 6.92 Å². The van der Waals surface area contributed by atoms with Crippen molar-refractivity contribution in [2.45, 2.75) is 39.0 Å². The zero-order chi connectivity index (χ0) is 12.1. The van der Waals surface area contributed by atoms with E-state index >= 15 is 0 Å². The molecule has 0 radical (unpaired) electrons. The van der Waals surface area contributed by atoms with Crippen molar-refractivity contribution in [3.05, 3.63) is 0 Å². The summed E-state index contributed by atoms with van der Waals surface area (Å²) in [6, 6.07) is 0. The van der Waals surface area contributed by atoms with Crippen LogP contribution in [0, 0.1) is 17.8 Å². The molecule has 0 spiro atoms. The van der Waals surface area contributed by atoms with Crippen LogP contribution in [0.25, 0.3) is 0 Å². The van der Waals surface area contributed by atoms with Gasteiger partial charge in [0.1, 0.15) is 0 Å². The summed E-state index contributed by atoms with van der Waals surface area (Å²) in [5.41, 5.74) is 5.72. The standard InChI is InChI=1S/C13H26N2O/c1-10-5-4-6-11(7-10)8-12(9-14)13(16)15(2)3/h10-12H,4-9,14H2,1-3H3.